The average Bonchev–Trinajstić information content (AvgIpc) is 3.13. The highest BCUT2D eigenvalue weighted by Gasteiger charge is 2.21. The van der Waals surface area contributed by atoms with Gasteiger partial charge >= 0.3 is 0 Å². The van der Waals surface area contributed by atoms with Crippen molar-refractivity contribution in [1.82, 2.24) is 10.6 Å². The number of guanidine groups is 1. The van der Waals surface area contributed by atoms with Crippen LogP contribution in [-0.2, 0) is 5.41 Å². The SMILES string of the molecule is CCNC(=NCC(C)(C)c1cccs1)NCC(O)c1ccc(F)cc1. The number of thiophene rings is 1. The summed E-state index contributed by atoms with van der Waals surface area (Å²) in [6, 6.07) is 10.0. The van der Waals surface area contributed by atoms with Crippen LogP contribution in [0.4, 0.5) is 4.39 Å². The van der Waals surface area contributed by atoms with Gasteiger partial charge in [-0.1, -0.05) is 32.0 Å². The number of hydrogen-bond donors (Lipinski definition) is 3. The largest absolute Gasteiger partial charge is 0.387 e. The zero-order valence-electron chi connectivity index (χ0n) is 14.9. The van der Waals surface area contributed by atoms with Gasteiger partial charge < -0.3 is 15.7 Å². The van der Waals surface area contributed by atoms with Crippen molar-refractivity contribution in [3.63, 3.8) is 0 Å². The molecule has 0 amide bonds. The van der Waals surface area contributed by atoms with Gasteiger partial charge in [0.1, 0.15) is 5.82 Å². The first-order valence-corrected chi connectivity index (χ1v) is 9.30. The lowest BCUT2D eigenvalue weighted by Crippen LogP contribution is -2.40. The second-order valence-electron chi connectivity index (χ2n) is 6.50. The molecule has 2 aromatic rings. The average molecular weight is 364 g/mol. The fraction of sp³-hybridized carbons (Fsp3) is 0.421. The van der Waals surface area contributed by atoms with Crippen LogP contribution in [-0.4, -0.2) is 30.7 Å². The van der Waals surface area contributed by atoms with E-state index in [1.807, 2.05) is 13.0 Å². The summed E-state index contributed by atoms with van der Waals surface area (Å²) in [6.45, 7) is 8.00. The highest BCUT2D eigenvalue weighted by molar-refractivity contribution is 7.10. The summed E-state index contributed by atoms with van der Waals surface area (Å²) in [5, 5.41) is 18.7. The van der Waals surface area contributed by atoms with Crippen molar-refractivity contribution in [2.45, 2.75) is 32.3 Å². The Morgan fingerprint density at radius 3 is 2.56 bits per heavy atom. The van der Waals surface area contributed by atoms with Gasteiger partial charge in [0.05, 0.1) is 12.6 Å². The second-order valence-corrected chi connectivity index (χ2v) is 7.45. The van der Waals surface area contributed by atoms with Crippen LogP contribution < -0.4 is 10.6 Å². The molecule has 1 aromatic carbocycles. The normalized spacial score (nSPS) is 13.6. The van der Waals surface area contributed by atoms with Crippen molar-refractivity contribution < 1.29 is 9.50 Å². The Balaban J connectivity index is 1.96. The second kappa shape index (κ2) is 8.97. The van der Waals surface area contributed by atoms with Crippen LogP contribution in [0.2, 0.25) is 0 Å². The highest BCUT2D eigenvalue weighted by atomic mass is 32.1. The number of rotatable bonds is 7. The van der Waals surface area contributed by atoms with Crippen LogP contribution in [0, 0.1) is 5.82 Å². The Morgan fingerprint density at radius 2 is 1.96 bits per heavy atom. The monoisotopic (exact) mass is 363 g/mol. The van der Waals surface area contributed by atoms with Crippen LogP contribution >= 0.6 is 11.3 Å². The molecule has 136 valence electrons. The van der Waals surface area contributed by atoms with Gasteiger partial charge in [0.2, 0.25) is 0 Å². The number of hydrogen-bond acceptors (Lipinski definition) is 3. The summed E-state index contributed by atoms with van der Waals surface area (Å²) in [4.78, 5) is 5.94. The summed E-state index contributed by atoms with van der Waals surface area (Å²) < 4.78 is 13.0. The van der Waals surface area contributed by atoms with E-state index < -0.39 is 6.10 Å². The van der Waals surface area contributed by atoms with Crippen molar-refractivity contribution in [1.29, 1.82) is 0 Å². The van der Waals surface area contributed by atoms with Gasteiger partial charge in [-0.05, 0) is 36.1 Å². The molecule has 4 nitrogen and oxygen atoms in total. The number of benzene rings is 1. The molecule has 0 aliphatic carbocycles. The van der Waals surface area contributed by atoms with Crippen LogP contribution in [0.25, 0.3) is 0 Å². The van der Waals surface area contributed by atoms with E-state index >= 15 is 0 Å². The molecule has 0 radical (unpaired) electrons. The summed E-state index contributed by atoms with van der Waals surface area (Å²) in [5.41, 5.74) is 0.621. The van der Waals surface area contributed by atoms with E-state index in [9.17, 15) is 9.50 Å². The molecule has 2 rings (SSSR count). The van der Waals surface area contributed by atoms with Gasteiger partial charge in [-0.15, -0.1) is 11.3 Å². The maximum absolute atomic E-state index is 13.0. The van der Waals surface area contributed by atoms with Gasteiger partial charge in [-0.3, -0.25) is 4.99 Å². The van der Waals surface area contributed by atoms with Crippen molar-refractivity contribution in [2.75, 3.05) is 19.6 Å². The third-order valence-electron chi connectivity index (χ3n) is 3.88. The summed E-state index contributed by atoms with van der Waals surface area (Å²) in [7, 11) is 0. The minimum Gasteiger partial charge on any atom is -0.387 e. The third kappa shape index (κ3) is 5.83. The topological polar surface area (TPSA) is 56.7 Å². The molecule has 6 heteroatoms. The summed E-state index contributed by atoms with van der Waals surface area (Å²) in [6.07, 6.45) is -0.727. The predicted molar refractivity (Wildman–Crippen MR) is 103 cm³/mol. The zero-order valence-corrected chi connectivity index (χ0v) is 15.7. The number of halogens is 1. The Bertz CT molecular complexity index is 668. The Morgan fingerprint density at radius 1 is 1.24 bits per heavy atom. The predicted octanol–water partition coefficient (Wildman–Crippen LogP) is 3.45. The Hall–Kier alpha value is -1.92. The number of aliphatic hydroxyl groups is 1. The van der Waals surface area contributed by atoms with Gasteiger partial charge in [-0.25, -0.2) is 4.39 Å². The molecule has 0 aliphatic heterocycles. The number of nitrogens with one attached hydrogen (secondary N) is 2. The number of nitrogens with zero attached hydrogens (tertiary/aromatic N) is 1. The number of aliphatic hydroxyl groups excluding tert-OH is 1. The first-order valence-electron chi connectivity index (χ1n) is 8.42. The molecule has 0 bridgehead atoms. The van der Waals surface area contributed by atoms with Gasteiger partial charge in [-0.2, -0.15) is 0 Å². The maximum atomic E-state index is 13.0. The Labute approximate surface area is 152 Å². The molecule has 3 N–H and O–H groups in total. The lowest BCUT2D eigenvalue weighted by atomic mass is 9.92. The van der Waals surface area contributed by atoms with E-state index in [4.69, 9.17) is 0 Å². The lowest BCUT2D eigenvalue weighted by molar-refractivity contribution is 0.180. The zero-order chi connectivity index (χ0) is 18.3. The minimum atomic E-state index is -0.727. The highest BCUT2D eigenvalue weighted by Crippen LogP contribution is 2.27. The van der Waals surface area contributed by atoms with Crippen molar-refractivity contribution in [3.8, 4) is 0 Å². The fourth-order valence-corrected chi connectivity index (χ4v) is 3.20. The molecule has 1 aromatic heterocycles. The van der Waals surface area contributed by atoms with Gasteiger partial charge in [0.15, 0.2) is 5.96 Å². The smallest absolute Gasteiger partial charge is 0.191 e. The van der Waals surface area contributed by atoms with Gasteiger partial charge in [0, 0.05) is 23.4 Å². The minimum absolute atomic E-state index is 0.0495. The van der Waals surface area contributed by atoms with E-state index in [2.05, 4.69) is 40.9 Å². The lowest BCUT2D eigenvalue weighted by Gasteiger charge is -2.22. The van der Waals surface area contributed by atoms with E-state index in [1.165, 1.54) is 17.0 Å². The van der Waals surface area contributed by atoms with Crippen molar-refractivity contribution in [3.05, 3.63) is 58.0 Å². The molecule has 0 saturated carbocycles. The molecule has 0 fully saturated rings. The van der Waals surface area contributed by atoms with Crippen molar-refractivity contribution in [2.24, 2.45) is 4.99 Å². The van der Waals surface area contributed by atoms with Crippen molar-refractivity contribution >= 4 is 17.3 Å². The standard InChI is InChI=1S/C19H26FN3OS/c1-4-21-18(23-13-19(2,3)17-6-5-11-25-17)22-12-16(24)14-7-9-15(20)10-8-14/h5-11,16,24H,4,12-13H2,1-3H3,(H2,21,22,23). The van der Waals surface area contributed by atoms with Crippen LogP contribution in [0.5, 0.6) is 0 Å². The molecule has 1 heterocycles. The molecule has 1 atom stereocenters. The molecule has 1 unspecified atom stereocenters. The van der Waals surface area contributed by atoms with Crippen LogP contribution in [0.1, 0.15) is 37.3 Å². The van der Waals surface area contributed by atoms with E-state index in [0.29, 0.717) is 24.6 Å². The molecular formula is C19H26FN3OS. The fourth-order valence-electron chi connectivity index (χ4n) is 2.36. The summed E-state index contributed by atoms with van der Waals surface area (Å²) >= 11 is 1.73. The Kier molecular flexibility index (Phi) is 6.96. The molecule has 0 spiro atoms. The van der Waals surface area contributed by atoms with E-state index in [1.54, 1.807) is 23.5 Å². The van der Waals surface area contributed by atoms with Gasteiger partial charge in [0.25, 0.3) is 0 Å². The first-order chi connectivity index (χ1) is 11.9. The third-order valence-corrected chi connectivity index (χ3v) is 5.12. The molecule has 25 heavy (non-hydrogen) atoms. The molecular weight excluding hydrogens is 337 g/mol. The maximum Gasteiger partial charge on any atom is 0.191 e. The number of aliphatic imine (C=N–C) groups is 1. The van der Waals surface area contributed by atoms with E-state index in [0.717, 1.165) is 6.54 Å². The summed E-state index contributed by atoms with van der Waals surface area (Å²) in [5.74, 6) is 0.350. The van der Waals surface area contributed by atoms with Crippen LogP contribution in [0.3, 0.4) is 0 Å². The quantitative estimate of drug-likeness (QED) is 0.522. The molecule has 0 saturated heterocycles. The van der Waals surface area contributed by atoms with Crippen LogP contribution in [0.15, 0.2) is 46.8 Å². The first kappa shape index (κ1) is 19.4. The van der Waals surface area contributed by atoms with E-state index in [-0.39, 0.29) is 11.2 Å². The molecule has 0 aliphatic rings.